The molecule has 3 heterocycles. The van der Waals surface area contributed by atoms with E-state index < -0.39 is 17.3 Å². The molecule has 0 radical (unpaired) electrons. The Morgan fingerprint density at radius 3 is 2.79 bits per heavy atom. The molecular weight excluding hydrogens is 437 g/mol. The van der Waals surface area contributed by atoms with Crippen molar-refractivity contribution in [1.82, 2.24) is 4.90 Å². The van der Waals surface area contributed by atoms with Crippen LogP contribution in [0.2, 0.25) is 0 Å². The second-order valence-corrected chi connectivity index (χ2v) is 9.41. The van der Waals surface area contributed by atoms with Crippen LogP contribution in [0.5, 0.6) is 5.75 Å². The average Bonchev–Trinajstić information content (AvgIpc) is 3.42. The van der Waals surface area contributed by atoms with Gasteiger partial charge in [0.2, 0.25) is 5.76 Å². The topological polar surface area (TPSA) is 69.0 Å². The van der Waals surface area contributed by atoms with E-state index in [9.17, 15) is 14.0 Å². The molecule has 2 unspecified atom stereocenters. The van der Waals surface area contributed by atoms with Gasteiger partial charge in [0.05, 0.1) is 29.7 Å². The summed E-state index contributed by atoms with van der Waals surface area (Å²) in [6, 6.07) is 10.6. The number of carbonyl (C=O) groups excluding carboxylic acids is 1. The number of rotatable bonds is 7. The molecule has 1 aromatic heterocycles. The Hall–Kier alpha value is -3.19. The summed E-state index contributed by atoms with van der Waals surface area (Å²) in [6.07, 6.45) is 2.60. The van der Waals surface area contributed by atoms with E-state index in [-0.39, 0.29) is 34.3 Å². The number of hydrogen-bond acceptors (Lipinski definition) is 5. The highest BCUT2D eigenvalue weighted by Gasteiger charge is 2.44. The number of hydrogen-bond donors (Lipinski definition) is 0. The van der Waals surface area contributed by atoms with E-state index in [2.05, 4.69) is 13.8 Å². The van der Waals surface area contributed by atoms with E-state index in [1.54, 1.807) is 4.90 Å². The number of benzene rings is 2. The third kappa shape index (κ3) is 4.20. The van der Waals surface area contributed by atoms with Crippen molar-refractivity contribution < 1.29 is 23.1 Å². The van der Waals surface area contributed by atoms with Crippen molar-refractivity contribution >= 4 is 16.9 Å². The van der Waals surface area contributed by atoms with Crippen LogP contribution in [0, 0.1) is 11.7 Å². The van der Waals surface area contributed by atoms with E-state index in [4.69, 9.17) is 13.9 Å². The maximum absolute atomic E-state index is 13.9. The Balaban J connectivity index is 1.60. The summed E-state index contributed by atoms with van der Waals surface area (Å²) < 4.78 is 31.6. The monoisotopic (exact) mass is 465 g/mol. The van der Waals surface area contributed by atoms with Crippen LogP contribution in [0.3, 0.4) is 0 Å². The summed E-state index contributed by atoms with van der Waals surface area (Å²) in [7, 11) is 0. The van der Waals surface area contributed by atoms with Crippen LogP contribution < -0.4 is 10.2 Å². The van der Waals surface area contributed by atoms with Crippen LogP contribution in [-0.2, 0) is 4.74 Å². The van der Waals surface area contributed by atoms with Gasteiger partial charge in [-0.3, -0.25) is 9.59 Å². The summed E-state index contributed by atoms with van der Waals surface area (Å²) >= 11 is 0. The molecule has 34 heavy (non-hydrogen) atoms. The maximum atomic E-state index is 13.9. The molecule has 2 aliphatic rings. The molecule has 7 heteroatoms. The predicted molar refractivity (Wildman–Crippen MR) is 126 cm³/mol. The minimum absolute atomic E-state index is 0.0123. The molecule has 0 N–H and O–H groups in total. The molecule has 6 nitrogen and oxygen atoms in total. The van der Waals surface area contributed by atoms with E-state index in [1.807, 2.05) is 24.3 Å². The number of amides is 1. The summed E-state index contributed by atoms with van der Waals surface area (Å²) in [6.45, 7) is 5.85. The maximum Gasteiger partial charge on any atom is 0.291 e. The van der Waals surface area contributed by atoms with Crippen molar-refractivity contribution in [2.45, 2.75) is 45.3 Å². The van der Waals surface area contributed by atoms with Gasteiger partial charge in [-0.05, 0) is 61.1 Å². The van der Waals surface area contributed by atoms with Gasteiger partial charge in [0, 0.05) is 13.2 Å². The Morgan fingerprint density at radius 2 is 2.03 bits per heavy atom. The van der Waals surface area contributed by atoms with Gasteiger partial charge in [0.25, 0.3) is 5.91 Å². The van der Waals surface area contributed by atoms with Crippen LogP contribution in [-0.4, -0.2) is 36.7 Å². The number of ether oxygens (including phenoxy) is 2. The van der Waals surface area contributed by atoms with Crippen LogP contribution in [0.4, 0.5) is 4.39 Å². The molecule has 0 spiro atoms. The van der Waals surface area contributed by atoms with Crippen molar-refractivity contribution in [3.63, 3.8) is 0 Å². The zero-order chi connectivity index (χ0) is 23.8. The van der Waals surface area contributed by atoms with Gasteiger partial charge in [0.15, 0.2) is 5.43 Å². The summed E-state index contributed by atoms with van der Waals surface area (Å²) in [5.41, 5.74) is 0.785. The molecule has 2 aliphatic heterocycles. The van der Waals surface area contributed by atoms with Gasteiger partial charge in [-0.15, -0.1) is 0 Å². The smallest absolute Gasteiger partial charge is 0.291 e. The number of halogens is 1. The van der Waals surface area contributed by atoms with Gasteiger partial charge >= 0.3 is 0 Å². The van der Waals surface area contributed by atoms with Crippen molar-refractivity contribution in [3.8, 4) is 5.75 Å². The fourth-order valence-corrected chi connectivity index (χ4v) is 4.72. The van der Waals surface area contributed by atoms with E-state index in [0.29, 0.717) is 31.4 Å². The second kappa shape index (κ2) is 9.22. The number of fused-ring (bicyclic) bond motifs is 2. The molecule has 0 saturated carbocycles. The zero-order valence-corrected chi connectivity index (χ0v) is 19.4. The molecule has 5 rings (SSSR count). The molecular formula is C27H28FNO5. The van der Waals surface area contributed by atoms with Crippen molar-refractivity contribution in [3.05, 3.63) is 75.4 Å². The molecule has 1 amide bonds. The van der Waals surface area contributed by atoms with Crippen LogP contribution >= 0.6 is 0 Å². The van der Waals surface area contributed by atoms with Crippen LogP contribution in [0.15, 0.2) is 51.7 Å². The van der Waals surface area contributed by atoms with Gasteiger partial charge in [-0.1, -0.05) is 26.0 Å². The minimum Gasteiger partial charge on any atom is -0.494 e. The zero-order valence-electron chi connectivity index (χ0n) is 19.4. The minimum atomic E-state index is -0.663. The summed E-state index contributed by atoms with van der Waals surface area (Å²) in [4.78, 5) is 28.7. The van der Waals surface area contributed by atoms with Gasteiger partial charge in [-0.2, -0.15) is 0 Å². The molecule has 3 aromatic rings. The lowest BCUT2D eigenvalue weighted by molar-refractivity contribution is 0.0486. The van der Waals surface area contributed by atoms with Gasteiger partial charge < -0.3 is 18.8 Å². The molecule has 2 atom stereocenters. The number of carbonyl (C=O) groups is 1. The molecule has 1 saturated heterocycles. The first-order valence-electron chi connectivity index (χ1n) is 11.8. The third-order valence-electron chi connectivity index (χ3n) is 6.49. The van der Waals surface area contributed by atoms with Crippen LogP contribution in [0.1, 0.15) is 60.8 Å². The Bertz CT molecular complexity index is 1280. The lowest BCUT2D eigenvalue weighted by atomic mass is 9.98. The Morgan fingerprint density at radius 1 is 1.18 bits per heavy atom. The highest BCUT2D eigenvalue weighted by atomic mass is 19.1. The van der Waals surface area contributed by atoms with Crippen molar-refractivity contribution in [1.29, 1.82) is 0 Å². The quantitative estimate of drug-likeness (QED) is 0.487. The fourth-order valence-electron chi connectivity index (χ4n) is 4.72. The summed E-state index contributed by atoms with van der Waals surface area (Å²) in [5.74, 6) is 0.315. The Kier molecular flexibility index (Phi) is 6.13. The van der Waals surface area contributed by atoms with E-state index in [0.717, 1.165) is 30.9 Å². The SMILES string of the molecule is CC(C)CCOc1cccc(C2c3c(oc4ccc(F)cc4c3=O)C(=O)N2CC2CCCO2)c1. The first-order chi connectivity index (χ1) is 16.4. The summed E-state index contributed by atoms with van der Waals surface area (Å²) in [5, 5.41) is 0.125. The molecule has 0 bridgehead atoms. The fraction of sp³-hybridized carbons (Fsp3) is 0.407. The van der Waals surface area contributed by atoms with E-state index >= 15 is 0 Å². The Labute approximate surface area is 197 Å². The molecule has 1 fully saturated rings. The van der Waals surface area contributed by atoms with Crippen LogP contribution in [0.25, 0.3) is 11.0 Å². The normalized spacial score (nSPS) is 19.9. The largest absolute Gasteiger partial charge is 0.494 e. The molecule has 178 valence electrons. The third-order valence-corrected chi connectivity index (χ3v) is 6.49. The van der Waals surface area contributed by atoms with Gasteiger partial charge in [0.1, 0.15) is 17.1 Å². The lowest BCUT2D eigenvalue weighted by Crippen LogP contribution is -2.36. The van der Waals surface area contributed by atoms with Gasteiger partial charge in [-0.25, -0.2) is 4.39 Å². The standard InChI is InChI=1S/C27H28FNO5/c1-16(2)10-12-33-19-6-3-5-17(13-19)24-23-25(30)21-14-18(28)8-9-22(21)34-26(23)27(31)29(24)15-20-7-4-11-32-20/h3,5-6,8-9,13-14,16,20,24H,4,7,10-12,15H2,1-2H3. The first-order valence-corrected chi connectivity index (χ1v) is 11.8. The molecule has 2 aromatic carbocycles. The lowest BCUT2D eigenvalue weighted by Gasteiger charge is -2.27. The molecule has 0 aliphatic carbocycles. The van der Waals surface area contributed by atoms with E-state index in [1.165, 1.54) is 12.1 Å². The number of nitrogens with zero attached hydrogens (tertiary/aromatic N) is 1. The first kappa shape index (κ1) is 22.6. The van der Waals surface area contributed by atoms with Crippen molar-refractivity contribution in [2.24, 2.45) is 5.92 Å². The predicted octanol–water partition coefficient (Wildman–Crippen LogP) is 5.08. The average molecular weight is 466 g/mol. The van der Waals surface area contributed by atoms with Crippen molar-refractivity contribution in [2.75, 3.05) is 19.8 Å². The second-order valence-electron chi connectivity index (χ2n) is 9.41. The highest BCUT2D eigenvalue weighted by Crippen LogP contribution is 2.39. The highest BCUT2D eigenvalue weighted by molar-refractivity contribution is 5.99.